The molecule has 1 N–H and O–H groups in total. The lowest BCUT2D eigenvalue weighted by molar-refractivity contribution is 0.0946. The monoisotopic (exact) mass is 305 g/mol. The highest BCUT2D eigenvalue weighted by molar-refractivity contribution is 9.09. The molecule has 3 rings (SSSR count). The van der Waals surface area contributed by atoms with Crippen LogP contribution in [0.3, 0.4) is 0 Å². The lowest BCUT2D eigenvalue weighted by Crippen LogP contribution is -2.31. The number of hydrogen-bond donors (Lipinski definition) is 1. The van der Waals surface area contributed by atoms with Crippen molar-refractivity contribution in [3.63, 3.8) is 0 Å². The van der Waals surface area contributed by atoms with Crippen LogP contribution in [0.15, 0.2) is 41.2 Å². The Kier molecular flexibility index (Phi) is 2.96. The minimum Gasteiger partial charge on any atom is -0.472 e. The Balaban J connectivity index is 1.99. The zero-order chi connectivity index (χ0) is 12.5. The van der Waals surface area contributed by atoms with Crippen molar-refractivity contribution in [3.05, 3.63) is 59.0 Å². The molecule has 2 aromatic rings. The molecule has 18 heavy (non-hydrogen) atoms. The van der Waals surface area contributed by atoms with Crippen LogP contribution in [0, 0.1) is 0 Å². The van der Waals surface area contributed by atoms with Gasteiger partial charge in [0.15, 0.2) is 0 Å². The molecular weight excluding hydrogens is 294 g/mol. The molecule has 1 atom stereocenters. The first-order valence-corrected chi connectivity index (χ1v) is 6.74. The van der Waals surface area contributed by atoms with Crippen LogP contribution in [-0.2, 0) is 6.42 Å². The fourth-order valence-electron chi connectivity index (χ4n) is 2.20. The zero-order valence-electron chi connectivity index (χ0n) is 9.65. The standard InChI is InChI=1S/C14H12BrNO2/c15-13(11-4-6-18-8-11)10-2-1-9-3-5-16-14(17)12(9)7-10/h1-2,4,6-8,13H,3,5H2,(H,16,17). The highest BCUT2D eigenvalue weighted by Gasteiger charge is 2.19. The third-order valence-electron chi connectivity index (χ3n) is 3.19. The quantitative estimate of drug-likeness (QED) is 0.867. The number of hydrogen-bond acceptors (Lipinski definition) is 2. The largest absolute Gasteiger partial charge is 0.472 e. The summed E-state index contributed by atoms with van der Waals surface area (Å²) in [5.74, 6) is 0.0185. The summed E-state index contributed by atoms with van der Waals surface area (Å²) in [5, 5.41) is 2.87. The van der Waals surface area contributed by atoms with Crippen molar-refractivity contribution in [1.29, 1.82) is 0 Å². The molecule has 4 heteroatoms. The summed E-state index contributed by atoms with van der Waals surface area (Å²) in [4.78, 5) is 11.9. The van der Waals surface area contributed by atoms with Crippen molar-refractivity contribution in [2.24, 2.45) is 0 Å². The fourth-order valence-corrected chi connectivity index (χ4v) is 2.74. The Morgan fingerprint density at radius 2 is 2.17 bits per heavy atom. The van der Waals surface area contributed by atoms with E-state index in [2.05, 4.69) is 27.3 Å². The fraction of sp³-hybridized carbons (Fsp3) is 0.214. The molecule has 1 amide bonds. The van der Waals surface area contributed by atoms with Crippen LogP contribution >= 0.6 is 15.9 Å². The molecule has 0 fully saturated rings. The molecule has 1 aromatic heterocycles. The first-order valence-electron chi connectivity index (χ1n) is 5.83. The van der Waals surface area contributed by atoms with Gasteiger partial charge < -0.3 is 9.73 Å². The molecule has 1 aliphatic heterocycles. The molecule has 92 valence electrons. The van der Waals surface area contributed by atoms with Crippen LogP contribution in [0.25, 0.3) is 0 Å². The van der Waals surface area contributed by atoms with Gasteiger partial charge in [-0.3, -0.25) is 4.79 Å². The Hall–Kier alpha value is -1.55. The van der Waals surface area contributed by atoms with Gasteiger partial charge in [-0.15, -0.1) is 0 Å². The predicted octanol–water partition coefficient (Wildman–Crippen LogP) is 3.05. The second-order valence-electron chi connectivity index (χ2n) is 4.34. The molecule has 0 spiro atoms. The summed E-state index contributed by atoms with van der Waals surface area (Å²) in [6.45, 7) is 0.727. The van der Waals surface area contributed by atoms with Crippen LogP contribution in [0.1, 0.15) is 31.9 Å². The van der Waals surface area contributed by atoms with E-state index >= 15 is 0 Å². The summed E-state index contributed by atoms with van der Waals surface area (Å²) in [6, 6.07) is 7.97. The van der Waals surface area contributed by atoms with Gasteiger partial charge in [-0.1, -0.05) is 28.1 Å². The van der Waals surface area contributed by atoms with Crippen LogP contribution in [0.4, 0.5) is 0 Å². The van der Waals surface area contributed by atoms with Gasteiger partial charge >= 0.3 is 0 Å². The summed E-state index contributed by atoms with van der Waals surface area (Å²) in [5.41, 5.74) is 4.01. The van der Waals surface area contributed by atoms with Gasteiger partial charge in [0.05, 0.1) is 17.4 Å². The number of alkyl halides is 1. The zero-order valence-corrected chi connectivity index (χ0v) is 11.2. The predicted molar refractivity (Wildman–Crippen MR) is 72.0 cm³/mol. The first-order chi connectivity index (χ1) is 8.75. The molecule has 0 bridgehead atoms. The molecular formula is C14H12BrNO2. The van der Waals surface area contributed by atoms with Crippen molar-refractivity contribution < 1.29 is 9.21 Å². The Bertz CT molecular complexity index is 577. The van der Waals surface area contributed by atoms with Crippen LogP contribution in [-0.4, -0.2) is 12.5 Å². The van der Waals surface area contributed by atoms with E-state index in [9.17, 15) is 4.79 Å². The van der Waals surface area contributed by atoms with E-state index < -0.39 is 0 Å². The average molecular weight is 306 g/mol. The van der Waals surface area contributed by atoms with Gasteiger partial charge in [-0.25, -0.2) is 0 Å². The summed E-state index contributed by atoms with van der Waals surface area (Å²) in [6.07, 6.45) is 4.26. The normalized spacial score (nSPS) is 15.9. The maximum atomic E-state index is 11.8. The van der Waals surface area contributed by atoms with Gasteiger partial charge in [0.1, 0.15) is 0 Å². The third-order valence-corrected chi connectivity index (χ3v) is 4.24. The Morgan fingerprint density at radius 3 is 2.94 bits per heavy atom. The number of halogens is 1. The number of rotatable bonds is 2. The van der Waals surface area contributed by atoms with Crippen LogP contribution < -0.4 is 5.32 Å². The molecule has 0 aliphatic carbocycles. The highest BCUT2D eigenvalue weighted by Crippen LogP contribution is 2.32. The molecule has 0 saturated heterocycles. The Morgan fingerprint density at radius 1 is 1.28 bits per heavy atom. The van der Waals surface area contributed by atoms with E-state index in [1.54, 1.807) is 12.5 Å². The molecule has 1 aromatic carbocycles. The van der Waals surface area contributed by atoms with Crippen LogP contribution in [0.5, 0.6) is 0 Å². The van der Waals surface area contributed by atoms with Gasteiger partial charge in [-0.2, -0.15) is 0 Å². The number of carbonyl (C=O) groups excluding carboxylic acids is 1. The lowest BCUT2D eigenvalue weighted by atomic mass is 9.96. The maximum absolute atomic E-state index is 11.8. The van der Waals surface area contributed by atoms with Crippen molar-refractivity contribution in [3.8, 4) is 0 Å². The first kappa shape index (κ1) is 11.5. The summed E-state index contributed by atoms with van der Waals surface area (Å²) >= 11 is 3.63. The van der Waals surface area contributed by atoms with E-state index in [1.807, 2.05) is 18.2 Å². The highest BCUT2D eigenvalue weighted by atomic mass is 79.9. The van der Waals surface area contributed by atoms with Gasteiger partial charge in [0.2, 0.25) is 0 Å². The number of fused-ring (bicyclic) bond motifs is 1. The van der Waals surface area contributed by atoms with Gasteiger partial charge in [0, 0.05) is 17.7 Å². The summed E-state index contributed by atoms with van der Waals surface area (Å²) < 4.78 is 5.08. The van der Waals surface area contributed by atoms with E-state index in [1.165, 1.54) is 0 Å². The van der Waals surface area contributed by atoms with Crippen molar-refractivity contribution in [2.45, 2.75) is 11.2 Å². The second kappa shape index (κ2) is 4.61. The SMILES string of the molecule is O=C1NCCc2ccc(C(Br)c3ccoc3)cc21. The molecule has 1 aliphatic rings. The number of amides is 1. The third kappa shape index (κ3) is 1.97. The second-order valence-corrected chi connectivity index (χ2v) is 5.26. The summed E-state index contributed by atoms with van der Waals surface area (Å²) in [7, 11) is 0. The minimum absolute atomic E-state index is 0.0185. The minimum atomic E-state index is 0.0185. The Labute approximate surface area is 113 Å². The molecule has 3 nitrogen and oxygen atoms in total. The molecule has 0 saturated carbocycles. The molecule has 1 unspecified atom stereocenters. The van der Waals surface area contributed by atoms with Gasteiger partial charge in [-0.05, 0) is 29.7 Å². The number of furan rings is 1. The van der Waals surface area contributed by atoms with Crippen molar-refractivity contribution in [1.82, 2.24) is 5.32 Å². The van der Waals surface area contributed by atoms with E-state index in [-0.39, 0.29) is 10.7 Å². The maximum Gasteiger partial charge on any atom is 0.251 e. The number of benzene rings is 1. The van der Waals surface area contributed by atoms with Crippen molar-refractivity contribution >= 4 is 21.8 Å². The topological polar surface area (TPSA) is 42.2 Å². The van der Waals surface area contributed by atoms with Crippen LogP contribution in [0.2, 0.25) is 0 Å². The van der Waals surface area contributed by atoms with Gasteiger partial charge in [0.25, 0.3) is 5.91 Å². The number of carbonyl (C=O) groups is 1. The molecule has 2 heterocycles. The average Bonchev–Trinajstić information content (AvgIpc) is 2.92. The molecule has 0 radical (unpaired) electrons. The number of nitrogens with one attached hydrogen (secondary N) is 1. The van der Waals surface area contributed by atoms with E-state index in [4.69, 9.17) is 4.42 Å². The van der Waals surface area contributed by atoms with Crippen molar-refractivity contribution in [2.75, 3.05) is 6.54 Å². The smallest absolute Gasteiger partial charge is 0.251 e. The van der Waals surface area contributed by atoms with E-state index in [0.29, 0.717) is 0 Å². The van der Waals surface area contributed by atoms with E-state index in [0.717, 1.165) is 35.2 Å². The lowest BCUT2D eigenvalue weighted by Gasteiger charge is -2.18.